The van der Waals surface area contributed by atoms with Crippen molar-refractivity contribution in [2.75, 3.05) is 0 Å². The third kappa shape index (κ3) is 5.26. The third-order valence-corrected chi connectivity index (χ3v) is 4.72. The summed E-state index contributed by atoms with van der Waals surface area (Å²) in [6, 6.07) is 11.0. The van der Waals surface area contributed by atoms with Crippen molar-refractivity contribution < 1.29 is 4.84 Å². The Balaban J connectivity index is 1.94. The van der Waals surface area contributed by atoms with Crippen molar-refractivity contribution in [3.63, 3.8) is 0 Å². The van der Waals surface area contributed by atoms with Crippen molar-refractivity contribution >= 4 is 0 Å². The highest BCUT2D eigenvalue weighted by Crippen LogP contribution is 2.29. The molecule has 1 unspecified atom stereocenters. The molecule has 2 nitrogen and oxygen atoms in total. The van der Waals surface area contributed by atoms with Crippen LogP contribution in [0, 0.1) is 5.92 Å². The lowest BCUT2D eigenvalue weighted by molar-refractivity contribution is -0.0622. The highest BCUT2D eigenvalue weighted by atomic mass is 16.7. The average Bonchev–Trinajstić information content (AvgIpc) is 2.59. The molecule has 0 spiro atoms. The van der Waals surface area contributed by atoms with Crippen molar-refractivity contribution in [2.24, 2.45) is 5.92 Å². The van der Waals surface area contributed by atoms with Gasteiger partial charge in [-0.25, -0.2) is 0 Å². The van der Waals surface area contributed by atoms with Crippen molar-refractivity contribution in [3.05, 3.63) is 48.6 Å². The number of rotatable bonds is 9. The van der Waals surface area contributed by atoms with Gasteiger partial charge in [0.2, 0.25) is 0 Å². The second-order valence-electron chi connectivity index (χ2n) is 6.45. The first-order valence-corrected chi connectivity index (χ1v) is 8.92. The van der Waals surface area contributed by atoms with E-state index in [9.17, 15) is 0 Å². The van der Waals surface area contributed by atoms with Gasteiger partial charge < -0.3 is 0 Å². The summed E-state index contributed by atoms with van der Waals surface area (Å²) in [5.74, 6) is 0.727. The van der Waals surface area contributed by atoms with Gasteiger partial charge in [-0.05, 0) is 37.2 Å². The SMILES string of the molecule is C=CCC(NO[C@H](CCC)c1ccccc1)C1CCCCC1. The second kappa shape index (κ2) is 9.81. The normalized spacial score (nSPS) is 18.8. The largest absolute Gasteiger partial charge is 0.293 e. The number of nitrogens with one attached hydrogen (secondary N) is 1. The Kier molecular flexibility index (Phi) is 7.68. The van der Waals surface area contributed by atoms with E-state index in [1.54, 1.807) is 0 Å². The summed E-state index contributed by atoms with van der Waals surface area (Å²) >= 11 is 0. The first kappa shape index (κ1) is 17.2. The molecule has 1 fully saturated rings. The van der Waals surface area contributed by atoms with Gasteiger partial charge in [0.25, 0.3) is 0 Å². The quantitative estimate of drug-likeness (QED) is 0.475. The van der Waals surface area contributed by atoms with Crippen LogP contribution in [0.5, 0.6) is 0 Å². The first-order valence-electron chi connectivity index (χ1n) is 8.92. The highest BCUT2D eigenvalue weighted by molar-refractivity contribution is 5.17. The predicted molar refractivity (Wildman–Crippen MR) is 93.5 cm³/mol. The van der Waals surface area contributed by atoms with Crippen LogP contribution in [-0.2, 0) is 4.84 Å². The molecule has 2 atom stereocenters. The Labute approximate surface area is 135 Å². The summed E-state index contributed by atoms with van der Waals surface area (Å²) in [5.41, 5.74) is 4.66. The van der Waals surface area contributed by atoms with Gasteiger partial charge in [-0.15, -0.1) is 6.58 Å². The molecule has 22 heavy (non-hydrogen) atoms. The van der Waals surface area contributed by atoms with E-state index in [4.69, 9.17) is 4.84 Å². The summed E-state index contributed by atoms with van der Waals surface area (Å²) in [7, 11) is 0. The van der Waals surface area contributed by atoms with Gasteiger partial charge in [0.05, 0.1) is 0 Å². The van der Waals surface area contributed by atoms with Gasteiger partial charge >= 0.3 is 0 Å². The van der Waals surface area contributed by atoms with Crippen LogP contribution < -0.4 is 5.48 Å². The van der Waals surface area contributed by atoms with Crippen molar-refractivity contribution in [1.29, 1.82) is 0 Å². The maximum absolute atomic E-state index is 6.14. The Morgan fingerprint density at radius 3 is 2.59 bits per heavy atom. The smallest absolute Gasteiger partial charge is 0.104 e. The fraction of sp³-hybridized carbons (Fsp3) is 0.600. The van der Waals surface area contributed by atoms with E-state index in [0.717, 1.165) is 25.2 Å². The van der Waals surface area contributed by atoms with Crippen LogP contribution >= 0.6 is 0 Å². The van der Waals surface area contributed by atoms with Crippen molar-refractivity contribution in [2.45, 2.75) is 70.4 Å². The monoisotopic (exact) mass is 301 g/mol. The second-order valence-corrected chi connectivity index (χ2v) is 6.45. The van der Waals surface area contributed by atoms with Crippen LogP contribution in [0.25, 0.3) is 0 Å². The number of hydroxylamine groups is 1. The van der Waals surface area contributed by atoms with E-state index < -0.39 is 0 Å². The number of benzene rings is 1. The predicted octanol–water partition coefficient (Wildman–Crippen LogP) is 5.57. The number of hydrogen-bond donors (Lipinski definition) is 1. The molecule has 1 aliphatic rings. The van der Waals surface area contributed by atoms with Crippen LogP contribution in [0.15, 0.2) is 43.0 Å². The van der Waals surface area contributed by atoms with Crippen LogP contribution in [0.3, 0.4) is 0 Å². The van der Waals surface area contributed by atoms with E-state index in [1.165, 1.54) is 37.7 Å². The van der Waals surface area contributed by atoms with E-state index in [0.29, 0.717) is 6.04 Å². The van der Waals surface area contributed by atoms with Crippen LogP contribution in [-0.4, -0.2) is 6.04 Å². The molecule has 0 saturated heterocycles. The molecule has 2 rings (SSSR count). The zero-order chi connectivity index (χ0) is 15.6. The maximum atomic E-state index is 6.14. The standard InChI is InChI=1S/C20H31NO/c1-3-11-19(17-13-7-5-8-14-17)21-22-20(12-4-2)18-15-9-6-10-16-18/h3,6,9-10,15-17,19-21H,1,4-5,7-8,11-14H2,2H3/t19?,20-/m1/s1. The topological polar surface area (TPSA) is 21.3 Å². The van der Waals surface area contributed by atoms with Gasteiger partial charge in [0, 0.05) is 6.04 Å². The zero-order valence-corrected chi connectivity index (χ0v) is 14.0. The van der Waals surface area contributed by atoms with Gasteiger partial charge in [0.15, 0.2) is 0 Å². The van der Waals surface area contributed by atoms with Crippen molar-refractivity contribution in [1.82, 2.24) is 5.48 Å². The van der Waals surface area contributed by atoms with Crippen LogP contribution in [0.2, 0.25) is 0 Å². The van der Waals surface area contributed by atoms with E-state index in [2.05, 4.69) is 49.3 Å². The molecule has 1 saturated carbocycles. The Hall–Kier alpha value is -1.12. The molecule has 0 aliphatic heterocycles. The minimum atomic E-state index is 0.141. The fourth-order valence-corrected chi connectivity index (χ4v) is 3.45. The lowest BCUT2D eigenvalue weighted by atomic mass is 9.83. The summed E-state index contributed by atoms with van der Waals surface area (Å²) in [6.45, 7) is 6.13. The molecule has 2 heteroatoms. The number of hydrogen-bond acceptors (Lipinski definition) is 2. The Morgan fingerprint density at radius 2 is 1.95 bits per heavy atom. The first-order chi connectivity index (χ1) is 10.8. The molecule has 0 amide bonds. The third-order valence-electron chi connectivity index (χ3n) is 4.72. The molecule has 1 N–H and O–H groups in total. The lowest BCUT2D eigenvalue weighted by Crippen LogP contribution is -2.37. The molecule has 1 aromatic rings. The molecule has 122 valence electrons. The van der Waals surface area contributed by atoms with E-state index in [1.807, 2.05) is 6.08 Å². The molecular weight excluding hydrogens is 270 g/mol. The average molecular weight is 301 g/mol. The van der Waals surface area contributed by atoms with Crippen molar-refractivity contribution in [3.8, 4) is 0 Å². The molecule has 0 bridgehead atoms. The molecule has 0 heterocycles. The van der Waals surface area contributed by atoms with E-state index >= 15 is 0 Å². The summed E-state index contributed by atoms with van der Waals surface area (Å²) < 4.78 is 0. The minimum Gasteiger partial charge on any atom is -0.293 e. The fourth-order valence-electron chi connectivity index (χ4n) is 3.45. The molecule has 0 radical (unpaired) electrons. The van der Waals surface area contributed by atoms with Crippen LogP contribution in [0.1, 0.15) is 70.0 Å². The van der Waals surface area contributed by atoms with Gasteiger partial charge in [-0.2, -0.15) is 5.48 Å². The Bertz CT molecular complexity index is 411. The highest BCUT2D eigenvalue weighted by Gasteiger charge is 2.24. The minimum absolute atomic E-state index is 0.141. The summed E-state index contributed by atoms with van der Waals surface area (Å²) in [4.78, 5) is 6.14. The molecular formula is C20H31NO. The molecule has 0 aromatic heterocycles. The van der Waals surface area contributed by atoms with Gasteiger partial charge in [0.1, 0.15) is 6.10 Å². The molecule has 1 aliphatic carbocycles. The molecule has 1 aromatic carbocycles. The zero-order valence-electron chi connectivity index (χ0n) is 14.0. The maximum Gasteiger partial charge on any atom is 0.104 e. The lowest BCUT2D eigenvalue weighted by Gasteiger charge is -2.31. The van der Waals surface area contributed by atoms with E-state index in [-0.39, 0.29) is 6.10 Å². The van der Waals surface area contributed by atoms with Crippen LogP contribution in [0.4, 0.5) is 0 Å². The summed E-state index contributed by atoms with van der Waals surface area (Å²) in [6.07, 6.45) is 12.1. The van der Waals surface area contributed by atoms with Gasteiger partial charge in [-0.3, -0.25) is 4.84 Å². The Morgan fingerprint density at radius 1 is 1.23 bits per heavy atom. The summed E-state index contributed by atoms with van der Waals surface area (Å²) in [5, 5.41) is 0. The van der Waals surface area contributed by atoms with Gasteiger partial charge in [-0.1, -0.05) is 69.0 Å².